The molecule has 0 saturated carbocycles. The van der Waals surface area contributed by atoms with Gasteiger partial charge in [0.2, 0.25) is 0 Å². The van der Waals surface area contributed by atoms with E-state index in [0.29, 0.717) is 0 Å². The van der Waals surface area contributed by atoms with E-state index in [2.05, 4.69) is 10.4 Å². The van der Waals surface area contributed by atoms with Gasteiger partial charge in [-0.25, -0.2) is 0 Å². The summed E-state index contributed by atoms with van der Waals surface area (Å²) >= 11 is 1.20. The van der Waals surface area contributed by atoms with Crippen LogP contribution in [0.5, 0.6) is 0 Å². The van der Waals surface area contributed by atoms with Crippen LogP contribution < -0.4 is 0 Å². The molecule has 0 N–H and O–H groups in total. The number of thioether (sulfide) groups is 1. The highest BCUT2D eigenvalue weighted by Gasteiger charge is 2.04. The number of nitriles is 1. The molecule has 3 heteroatoms. The Kier molecular flexibility index (Phi) is 2.38. The van der Waals surface area contributed by atoms with Crippen LogP contribution in [0.2, 0.25) is 0 Å². The van der Waals surface area contributed by atoms with Crippen LogP contribution in [0, 0.1) is 17.6 Å². The Morgan fingerprint density at radius 3 is 3.00 bits per heavy atom. The summed E-state index contributed by atoms with van der Waals surface area (Å²) in [5.41, 5.74) is 1.12. The van der Waals surface area contributed by atoms with Gasteiger partial charge >= 0.3 is 0 Å². The molecule has 0 spiro atoms. The van der Waals surface area contributed by atoms with Gasteiger partial charge in [0.1, 0.15) is 5.40 Å². The Hall–Kier alpha value is -1.53. The molecule has 1 aromatic heterocycles. The molecule has 0 unspecified atom stereocenters. The van der Waals surface area contributed by atoms with E-state index < -0.39 is 0 Å². The predicted molar refractivity (Wildman–Crippen MR) is 58.0 cm³/mol. The number of hydrogen-bond acceptors (Lipinski definition) is 3. The van der Waals surface area contributed by atoms with Crippen molar-refractivity contribution in [1.29, 1.82) is 5.26 Å². The molecule has 0 saturated heterocycles. The molecule has 0 amide bonds. The molecule has 1 heterocycles. The number of fused-ring (bicyclic) bond motifs is 1. The third-order valence-electron chi connectivity index (χ3n) is 2.12. The van der Waals surface area contributed by atoms with Crippen molar-refractivity contribution in [2.45, 2.75) is 11.8 Å². The maximum Gasteiger partial charge on any atom is 0.138 e. The fraction of sp³-hybridized carbons (Fsp3) is 0.0909. The molecule has 2 nitrogen and oxygen atoms in total. The summed E-state index contributed by atoms with van der Waals surface area (Å²) < 4.78 is 0. The van der Waals surface area contributed by atoms with Crippen LogP contribution in [0.15, 0.2) is 35.5 Å². The molecule has 68 valence electrons. The summed E-state index contributed by atoms with van der Waals surface area (Å²) in [6.45, 7) is 2.01. The van der Waals surface area contributed by atoms with E-state index in [1.165, 1.54) is 11.8 Å². The van der Waals surface area contributed by atoms with Gasteiger partial charge in [-0.3, -0.25) is 4.98 Å². The van der Waals surface area contributed by atoms with Crippen molar-refractivity contribution in [1.82, 2.24) is 4.98 Å². The zero-order chi connectivity index (χ0) is 9.97. The molecule has 2 aromatic rings. The summed E-state index contributed by atoms with van der Waals surface area (Å²) in [5, 5.41) is 13.0. The van der Waals surface area contributed by atoms with Gasteiger partial charge in [0.05, 0.1) is 0 Å². The standard InChI is InChI=1S/C11H8N2S/c1-8-2-3-9-4-5-13-6-10(9)11(8)14-7-12/h2-6H,1H3. The van der Waals surface area contributed by atoms with Gasteiger partial charge in [0, 0.05) is 22.7 Å². The van der Waals surface area contributed by atoms with Crippen molar-refractivity contribution in [3.63, 3.8) is 0 Å². The molecular formula is C11H8N2S. The summed E-state index contributed by atoms with van der Waals surface area (Å²) in [4.78, 5) is 5.09. The molecule has 0 atom stereocenters. The minimum absolute atomic E-state index is 1.01. The van der Waals surface area contributed by atoms with E-state index in [1.807, 2.05) is 31.3 Å². The lowest BCUT2D eigenvalue weighted by Gasteiger charge is -2.04. The van der Waals surface area contributed by atoms with Crippen LogP contribution in [-0.2, 0) is 0 Å². The van der Waals surface area contributed by atoms with Gasteiger partial charge in [-0.15, -0.1) is 0 Å². The third-order valence-corrected chi connectivity index (χ3v) is 2.96. The van der Waals surface area contributed by atoms with E-state index in [4.69, 9.17) is 5.26 Å². The zero-order valence-corrected chi connectivity index (χ0v) is 8.51. The number of aromatic nitrogens is 1. The van der Waals surface area contributed by atoms with E-state index in [-0.39, 0.29) is 0 Å². The number of benzene rings is 1. The summed E-state index contributed by atoms with van der Waals surface area (Å²) in [6, 6.07) is 6.03. The molecule has 0 fully saturated rings. The Morgan fingerprint density at radius 1 is 1.36 bits per heavy atom. The van der Waals surface area contributed by atoms with Crippen LogP contribution in [0.4, 0.5) is 0 Å². The Labute approximate surface area is 86.6 Å². The maximum atomic E-state index is 8.70. The van der Waals surface area contributed by atoms with Gasteiger partial charge in [-0.2, -0.15) is 5.26 Å². The number of pyridine rings is 1. The Balaban J connectivity index is 2.77. The van der Waals surface area contributed by atoms with Crippen molar-refractivity contribution >= 4 is 22.5 Å². The molecule has 2 rings (SSSR count). The lowest BCUT2D eigenvalue weighted by Crippen LogP contribution is -1.83. The normalized spacial score (nSPS) is 10.0. The van der Waals surface area contributed by atoms with E-state index in [1.54, 1.807) is 6.20 Å². The van der Waals surface area contributed by atoms with Crippen LogP contribution in [0.1, 0.15) is 5.56 Å². The molecule has 0 aliphatic rings. The van der Waals surface area contributed by atoms with Gasteiger partial charge in [-0.1, -0.05) is 12.1 Å². The highest BCUT2D eigenvalue weighted by molar-refractivity contribution is 8.04. The molecule has 1 aromatic carbocycles. The fourth-order valence-electron chi connectivity index (χ4n) is 1.42. The lowest BCUT2D eigenvalue weighted by molar-refractivity contribution is 1.30. The van der Waals surface area contributed by atoms with E-state index in [0.717, 1.165) is 21.2 Å². The Morgan fingerprint density at radius 2 is 2.21 bits per heavy atom. The van der Waals surface area contributed by atoms with Crippen molar-refractivity contribution in [3.05, 3.63) is 36.2 Å². The maximum absolute atomic E-state index is 8.70. The lowest BCUT2D eigenvalue weighted by atomic mass is 10.1. The smallest absolute Gasteiger partial charge is 0.138 e. The summed E-state index contributed by atoms with van der Waals surface area (Å²) in [5.74, 6) is 0. The second kappa shape index (κ2) is 3.69. The van der Waals surface area contributed by atoms with Crippen molar-refractivity contribution < 1.29 is 0 Å². The first-order valence-electron chi connectivity index (χ1n) is 4.22. The Bertz CT molecular complexity index is 514. The van der Waals surface area contributed by atoms with Crippen LogP contribution in [0.3, 0.4) is 0 Å². The number of rotatable bonds is 1. The summed E-state index contributed by atoms with van der Waals surface area (Å²) in [7, 11) is 0. The zero-order valence-electron chi connectivity index (χ0n) is 7.69. The van der Waals surface area contributed by atoms with Crippen LogP contribution in [0.25, 0.3) is 10.8 Å². The average molecular weight is 200 g/mol. The van der Waals surface area contributed by atoms with Crippen molar-refractivity contribution in [3.8, 4) is 5.40 Å². The first kappa shape index (κ1) is 9.04. The number of nitrogens with zero attached hydrogens (tertiary/aromatic N) is 2. The first-order valence-corrected chi connectivity index (χ1v) is 5.04. The van der Waals surface area contributed by atoms with Gasteiger partial charge in [-0.05, 0) is 35.7 Å². The van der Waals surface area contributed by atoms with Gasteiger partial charge in [0.15, 0.2) is 0 Å². The van der Waals surface area contributed by atoms with E-state index in [9.17, 15) is 0 Å². The fourth-order valence-corrected chi connectivity index (χ4v) is 2.03. The molecule has 0 bridgehead atoms. The predicted octanol–water partition coefficient (Wildman–Crippen LogP) is 3.12. The highest BCUT2D eigenvalue weighted by Crippen LogP contribution is 2.29. The number of hydrogen-bond donors (Lipinski definition) is 0. The molecule has 0 aliphatic heterocycles. The van der Waals surface area contributed by atoms with Crippen molar-refractivity contribution in [2.75, 3.05) is 0 Å². The number of aryl methyl sites for hydroxylation is 1. The molecule has 0 aliphatic carbocycles. The third kappa shape index (κ3) is 1.45. The second-order valence-corrected chi connectivity index (χ2v) is 3.80. The van der Waals surface area contributed by atoms with Crippen LogP contribution >= 0.6 is 11.8 Å². The SMILES string of the molecule is Cc1ccc2ccncc2c1SC#N. The average Bonchev–Trinajstić information content (AvgIpc) is 2.23. The van der Waals surface area contributed by atoms with Crippen molar-refractivity contribution in [2.24, 2.45) is 0 Å². The van der Waals surface area contributed by atoms with Gasteiger partial charge < -0.3 is 0 Å². The quantitative estimate of drug-likeness (QED) is 0.524. The second-order valence-electron chi connectivity index (χ2n) is 3.00. The van der Waals surface area contributed by atoms with E-state index >= 15 is 0 Å². The minimum Gasteiger partial charge on any atom is -0.264 e. The topological polar surface area (TPSA) is 36.7 Å². The largest absolute Gasteiger partial charge is 0.264 e. The molecule has 0 radical (unpaired) electrons. The highest BCUT2D eigenvalue weighted by atomic mass is 32.2. The minimum atomic E-state index is 1.01. The number of thiocyanates is 1. The monoisotopic (exact) mass is 200 g/mol. The van der Waals surface area contributed by atoms with Crippen LogP contribution in [-0.4, -0.2) is 4.98 Å². The summed E-state index contributed by atoms with van der Waals surface area (Å²) in [6.07, 6.45) is 3.57. The first-order chi connectivity index (χ1) is 6.83. The molecular weight excluding hydrogens is 192 g/mol. The van der Waals surface area contributed by atoms with Gasteiger partial charge in [0.25, 0.3) is 0 Å². The molecule has 14 heavy (non-hydrogen) atoms.